The highest BCUT2D eigenvalue weighted by Gasteiger charge is 2.57. The van der Waals surface area contributed by atoms with E-state index >= 15 is 38.4 Å². The molecule has 1 spiro atoms. The smallest absolute Gasteiger partial charge is 0.381 e. The molecule has 0 radical (unpaired) electrons. The Hall–Kier alpha value is -7.12. The molecule has 3 saturated carbocycles. The maximum atomic E-state index is 15.8. The van der Waals surface area contributed by atoms with Crippen LogP contribution >= 0.6 is 0 Å². The van der Waals surface area contributed by atoms with E-state index in [1.165, 1.54) is 103 Å². The average molecular weight is 1570 g/mol. The van der Waals surface area contributed by atoms with Gasteiger partial charge in [-0.3, -0.25) is 57.5 Å². The van der Waals surface area contributed by atoms with Gasteiger partial charge in [0, 0.05) is 96.2 Å². The van der Waals surface area contributed by atoms with Crippen LogP contribution in [0.3, 0.4) is 0 Å². The minimum absolute atomic E-state index is 0.0396. The van der Waals surface area contributed by atoms with Crippen molar-refractivity contribution in [3.05, 3.63) is 12.2 Å². The highest BCUT2D eigenvalue weighted by atomic mass is 19.4. The zero-order chi connectivity index (χ0) is 81.8. The summed E-state index contributed by atoms with van der Waals surface area (Å²) in [5, 5.41) is 5.74. The zero-order valence-corrected chi connectivity index (χ0v) is 67.4. The molecule has 3 unspecified atom stereocenters. The molecule has 7 aliphatic rings. The Morgan fingerprint density at radius 3 is 1.85 bits per heavy atom. The summed E-state index contributed by atoms with van der Waals surface area (Å²) in [6, 6.07) is -12.0. The lowest BCUT2D eigenvalue weighted by molar-refractivity contribution is -0.215. The fraction of sp³-hybridized carbons (Fsp3) is 0.821. The van der Waals surface area contributed by atoms with Gasteiger partial charge in [-0.15, -0.1) is 0 Å². The number of fused-ring (bicyclic) bond motifs is 4. The molecule has 32 heteroatoms. The van der Waals surface area contributed by atoms with Crippen LogP contribution in [-0.2, 0) is 67.0 Å². The predicted molar refractivity (Wildman–Crippen MR) is 396 cm³/mol. The summed E-state index contributed by atoms with van der Waals surface area (Å²) < 4.78 is 97.2. The molecule has 0 aromatic rings. The Kier molecular flexibility index (Phi) is 32.0. The van der Waals surface area contributed by atoms with E-state index in [0.29, 0.717) is 38.5 Å². The molecular formula is C78H124F6N12O14. The minimum atomic E-state index is -4.57. The van der Waals surface area contributed by atoms with Gasteiger partial charge in [-0.1, -0.05) is 72.5 Å². The van der Waals surface area contributed by atoms with Crippen LogP contribution in [0.4, 0.5) is 26.3 Å². The van der Waals surface area contributed by atoms with Crippen LogP contribution in [0.25, 0.3) is 0 Å². The number of nitrogens with one attached hydrogen (secondary N) is 2. The number of hydrogen-bond donors (Lipinski definition) is 2. The molecule has 622 valence electrons. The van der Waals surface area contributed by atoms with Crippen molar-refractivity contribution in [1.29, 1.82) is 0 Å². The third kappa shape index (κ3) is 20.6. The molecule has 3 aliphatic carbocycles. The fourth-order valence-corrected chi connectivity index (χ4v) is 18.0. The van der Waals surface area contributed by atoms with E-state index in [-0.39, 0.29) is 135 Å². The molecule has 0 aromatic heterocycles. The molecule has 3 saturated heterocycles. The SMILES string of the molecule is CCC[C@H]1C(=O)N[C@@H]([C@@H](C)CC)C(=O)N2CCC[C@H]2C(=O)N(C)[C@H]2C/C=C\CCN(C2=O)[C@@H](CC2CCC(C(F)(F)F)CC2)C(=O)N(C)CC(=O)N[C@@H](CCC2CCC(C(F)(F)F)C(OC)C2)C(=O)N2C[C@H](OCC)C[C@H]2C(=O)N(C)C2(CCC2)C(=O)N(C)[C@@H](C(CC)CC)C(=O)N(C)[C@H](C(=O)N(C)C)CC(=O)N1C. The quantitative estimate of drug-likeness (QED) is 0.117. The molecular weight excluding hydrogens is 1440 g/mol. The third-order valence-electron chi connectivity index (χ3n) is 25.4. The molecule has 0 aromatic carbocycles. The third-order valence-corrected chi connectivity index (χ3v) is 25.4. The molecule has 26 nitrogen and oxygen atoms in total. The van der Waals surface area contributed by atoms with Crippen LogP contribution in [0.2, 0.25) is 0 Å². The van der Waals surface area contributed by atoms with Gasteiger partial charge in [-0.25, -0.2) is 0 Å². The van der Waals surface area contributed by atoms with Gasteiger partial charge < -0.3 is 69.1 Å². The molecule has 2 bridgehead atoms. The van der Waals surface area contributed by atoms with Crippen LogP contribution in [0.5, 0.6) is 0 Å². The minimum Gasteiger partial charge on any atom is -0.381 e. The van der Waals surface area contributed by atoms with Crippen molar-refractivity contribution in [2.24, 2.45) is 35.5 Å². The Balaban J connectivity index is 1.35. The number of ether oxygens (including phenoxy) is 2. The molecule has 4 aliphatic heterocycles. The second-order valence-corrected chi connectivity index (χ2v) is 32.3. The van der Waals surface area contributed by atoms with Crippen molar-refractivity contribution >= 4 is 70.9 Å². The summed E-state index contributed by atoms with van der Waals surface area (Å²) in [6.07, 6.45) is -6.25. The van der Waals surface area contributed by atoms with Crippen molar-refractivity contribution < 1.29 is 93.4 Å². The Morgan fingerprint density at radius 1 is 0.627 bits per heavy atom. The Bertz CT molecular complexity index is 3270. The molecule has 14 atom stereocenters. The van der Waals surface area contributed by atoms with Crippen molar-refractivity contribution in [1.82, 2.24) is 59.6 Å². The summed E-state index contributed by atoms with van der Waals surface area (Å²) in [6.45, 7) is 9.94. The van der Waals surface area contributed by atoms with Crippen molar-refractivity contribution in [2.45, 2.75) is 280 Å². The summed E-state index contributed by atoms with van der Waals surface area (Å²) >= 11 is 0. The predicted octanol–water partition coefficient (Wildman–Crippen LogP) is 6.95. The van der Waals surface area contributed by atoms with Gasteiger partial charge in [0.25, 0.3) is 0 Å². The summed E-state index contributed by atoms with van der Waals surface area (Å²) in [5.74, 6) is -13.9. The van der Waals surface area contributed by atoms with Crippen molar-refractivity contribution in [3.63, 3.8) is 0 Å². The standard InChI is InChI=1S/C78H124F6N12O14/c1-16-26-55-66(99)86-64(47(6)17-2)73(106)94-40-24-28-57(94)70(103)90(11)56-27-22-21-23-39-95(72(56)105)59(41-48-29-33-51(34-30-48)77(79,80)81)69(102)88(9)46-62(97)85-54(36-32-49-31-35-53(78(82,83)84)61(42-49)109-15)67(100)96-45-52(110-20-5)43-60(96)71(104)93(14)76(37-25-38-76)75(108)92(13)65(50(18-3)19-4)74(107)91(12)58(68(101)87(7)8)44-63(98)89(55)10/h21-22,47-61,64-65H,16-20,23-46H2,1-15H3,(H,85,97)(H,86,99)/b22-21-/t47-,48?,49?,51?,52+,53?,54-,55-,56-,57-,58-,59-,60-,61?,64-,65-/m0/s1. The first-order valence-electron chi connectivity index (χ1n) is 40.0. The number of rotatable bonds is 16. The van der Waals surface area contributed by atoms with E-state index in [2.05, 4.69) is 10.6 Å². The van der Waals surface area contributed by atoms with Gasteiger partial charge in [0.2, 0.25) is 70.9 Å². The second kappa shape index (κ2) is 39.1. The topological polar surface area (TPSA) is 280 Å². The summed E-state index contributed by atoms with van der Waals surface area (Å²) in [5.41, 5.74) is -1.61. The number of nitrogens with zero attached hydrogens (tertiary/aromatic N) is 10. The molecule has 7 rings (SSSR count). The number of alkyl halides is 6. The summed E-state index contributed by atoms with van der Waals surface area (Å²) in [7, 11) is 12.5. The average Bonchev–Trinajstić information content (AvgIpc) is 0.964. The van der Waals surface area contributed by atoms with Crippen molar-refractivity contribution in [2.75, 3.05) is 96.3 Å². The van der Waals surface area contributed by atoms with Gasteiger partial charge in [0.1, 0.15) is 59.9 Å². The number of halogens is 6. The lowest BCUT2D eigenvalue weighted by atomic mass is 9.73. The van der Waals surface area contributed by atoms with E-state index in [4.69, 9.17) is 9.47 Å². The van der Waals surface area contributed by atoms with Gasteiger partial charge in [-0.05, 0) is 146 Å². The van der Waals surface area contributed by atoms with E-state index in [0.717, 1.165) is 9.80 Å². The first-order valence-corrected chi connectivity index (χ1v) is 40.0. The monoisotopic (exact) mass is 1570 g/mol. The van der Waals surface area contributed by atoms with Crippen LogP contribution in [0.15, 0.2) is 12.2 Å². The summed E-state index contributed by atoms with van der Waals surface area (Å²) in [4.78, 5) is 196. The number of methoxy groups -OCH3 is 1. The maximum Gasteiger partial charge on any atom is 0.394 e. The molecule has 110 heavy (non-hydrogen) atoms. The number of likely N-dealkylation sites (N-methyl/N-ethyl adjacent to an activating group) is 7. The van der Waals surface area contributed by atoms with Gasteiger partial charge in [-0.2, -0.15) is 26.3 Å². The van der Waals surface area contributed by atoms with Gasteiger partial charge in [0.15, 0.2) is 0 Å². The number of hydrogen-bond acceptors (Lipinski definition) is 14. The van der Waals surface area contributed by atoms with Crippen LogP contribution in [0, 0.1) is 35.5 Å². The molecule has 12 amide bonds. The first-order chi connectivity index (χ1) is 51.8. The molecule has 4 heterocycles. The van der Waals surface area contributed by atoms with E-state index < -0.39 is 204 Å². The Morgan fingerprint density at radius 2 is 1.28 bits per heavy atom. The number of amides is 12. The first kappa shape index (κ1) is 90.1. The second-order valence-electron chi connectivity index (χ2n) is 32.3. The lowest BCUT2D eigenvalue weighted by Gasteiger charge is -2.51. The Labute approximate surface area is 645 Å². The number of carbonyl (C=O) groups excluding carboxylic acids is 12. The van der Waals surface area contributed by atoms with E-state index in [9.17, 15) is 45.5 Å². The lowest BCUT2D eigenvalue weighted by Crippen LogP contribution is -2.68. The largest absolute Gasteiger partial charge is 0.394 e. The zero-order valence-electron chi connectivity index (χ0n) is 67.4. The fourth-order valence-electron chi connectivity index (χ4n) is 18.0. The van der Waals surface area contributed by atoms with Gasteiger partial charge >= 0.3 is 12.4 Å². The van der Waals surface area contributed by atoms with Crippen LogP contribution < -0.4 is 10.6 Å². The van der Waals surface area contributed by atoms with Crippen LogP contribution in [-0.4, -0.2) is 301 Å². The number of carbonyl (C=O) groups is 12. The van der Waals surface area contributed by atoms with Crippen LogP contribution in [0.1, 0.15) is 196 Å². The van der Waals surface area contributed by atoms with E-state index in [1.807, 2.05) is 20.8 Å². The highest BCUT2D eigenvalue weighted by molar-refractivity contribution is 6.01. The molecule has 2 N–H and O–H groups in total. The normalized spacial score (nSPS) is 31.3. The van der Waals surface area contributed by atoms with Gasteiger partial charge in [0.05, 0.1) is 37.0 Å². The van der Waals surface area contributed by atoms with E-state index in [1.54, 1.807) is 32.9 Å². The molecule has 6 fully saturated rings. The highest BCUT2D eigenvalue weighted by Crippen LogP contribution is 2.45. The van der Waals surface area contributed by atoms with Crippen molar-refractivity contribution in [3.8, 4) is 0 Å². The maximum absolute atomic E-state index is 15.8.